The van der Waals surface area contributed by atoms with E-state index in [9.17, 15) is 50.5 Å². The van der Waals surface area contributed by atoms with E-state index in [1.54, 1.807) is 26.0 Å². The first kappa shape index (κ1) is 49.7. The average molecular weight is 1030 g/mol. The molecule has 20 nitrogen and oxygen atoms in total. The normalized spacial score (nSPS) is 13.7. The van der Waals surface area contributed by atoms with Crippen molar-refractivity contribution >= 4 is 89.1 Å². The van der Waals surface area contributed by atoms with Crippen molar-refractivity contribution in [3.05, 3.63) is 135 Å². The van der Waals surface area contributed by atoms with E-state index in [2.05, 4.69) is 15.5 Å². The van der Waals surface area contributed by atoms with Crippen LogP contribution in [0, 0.1) is 0 Å². The van der Waals surface area contributed by atoms with Crippen molar-refractivity contribution in [1.29, 1.82) is 0 Å². The van der Waals surface area contributed by atoms with E-state index in [-0.39, 0.29) is 84.8 Å². The number of hydrogen-bond acceptors (Lipinski definition) is 15. The summed E-state index contributed by atoms with van der Waals surface area (Å²) in [7, 11) is -5.80. The molecule has 2 aliphatic heterocycles. The highest BCUT2D eigenvalue weighted by molar-refractivity contribution is 7.89. The molecule has 2 heterocycles. The van der Waals surface area contributed by atoms with Crippen LogP contribution in [0.3, 0.4) is 0 Å². The fraction of sp³-hybridized carbons (Fsp3) is 0.188. The number of hydrogen-bond donors (Lipinski definition) is 3. The highest BCUT2D eigenvalue weighted by atomic mass is 35.5. The molecule has 6 aromatic rings. The first-order chi connectivity index (χ1) is 33.8. The smallest absolute Gasteiger partial charge is 0.295 e. The Bertz CT molecular complexity index is 3480. The lowest BCUT2D eigenvalue weighted by Gasteiger charge is -2.23. The lowest BCUT2D eigenvalue weighted by Crippen LogP contribution is -2.31. The second-order valence-electron chi connectivity index (χ2n) is 15.8. The predicted octanol–water partition coefficient (Wildman–Crippen LogP) is 7.76. The number of fused-ring (bicyclic) bond motifs is 3. The lowest BCUT2D eigenvalue weighted by molar-refractivity contribution is 0.0629. The monoisotopic (exact) mass is 1020 g/mol. The molecule has 6 aromatic carbocycles. The number of sulfonamides is 1. The number of azo groups is 1. The van der Waals surface area contributed by atoms with Crippen molar-refractivity contribution < 1.29 is 64.7 Å². The van der Waals surface area contributed by atoms with Gasteiger partial charge >= 0.3 is 0 Å². The van der Waals surface area contributed by atoms with Gasteiger partial charge < -0.3 is 24.6 Å². The molecule has 71 heavy (non-hydrogen) atoms. The van der Waals surface area contributed by atoms with Crippen molar-refractivity contribution in [3.63, 3.8) is 0 Å². The number of phenolic OH excluding ortho intramolecular Hbond substituents is 1. The summed E-state index contributed by atoms with van der Waals surface area (Å²) >= 11 is 6.41. The van der Waals surface area contributed by atoms with Crippen LogP contribution in [0.2, 0.25) is 5.02 Å². The van der Waals surface area contributed by atoms with Crippen LogP contribution in [-0.4, -0.2) is 105 Å². The summed E-state index contributed by atoms with van der Waals surface area (Å²) in [4.78, 5) is 70.3. The van der Waals surface area contributed by atoms with Crippen molar-refractivity contribution in [2.75, 3.05) is 39.7 Å². The molecular weight excluding hydrogens is 984 g/mol. The van der Waals surface area contributed by atoms with Gasteiger partial charge in [0.15, 0.2) is 5.75 Å². The number of carbonyl (C=O) groups is 5. The summed E-state index contributed by atoms with van der Waals surface area (Å²) in [6, 6.07) is 20.2. The van der Waals surface area contributed by atoms with Gasteiger partial charge in [0.1, 0.15) is 33.5 Å². The second-order valence-corrected chi connectivity index (χ2v) is 19.5. The molecule has 0 aromatic heterocycles. The molecule has 8 rings (SSSR count). The zero-order chi connectivity index (χ0) is 51.3. The number of phenols is 1. The van der Waals surface area contributed by atoms with Crippen LogP contribution in [0.4, 0.5) is 17.1 Å². The molecule has 0 fully saturated rings. The van der Waals surface area contributed by atoms with Crippen molar-refractivity contribution in [2.45, 2.75) is 36.7 Å². The average Bonchev–Trinajstić information content (AvgIpc) is 3.73. The highest BCUT2D eigenvalue weighted by Crippen LogP contribution is 2.47. The summed E-state index contributed by atoms with van der Waals surface area (Å²) < 4.78 is 83.9. The Labute approximate surface area is 410 Å². The Morgan fingerprint density at radius 1 is 0.690 bits per heavy atom. The van der Waals surface area contributed by atoms with Gasteiger partial charge in [-0.3, -0.25) is 38.3 Å². The molecule has 3 N–H and O–H groups in total. The van der Waals surface area contributed by atoms with E-state index in [1.165, 1.54) is 86.3 Å². The Kier molecular flexibility index (Phi) is 13.4. The van der Waals surface area contributed by atoms with Gasteiger partial charge in [0.05, 0.1) is 77.8 Å². The number of imide groups is 2. The molecule has 0 saturated heterocycles. The maximum Gasteiger partial charge on any atom is 0.295 e. The number of nitrogens with zero attached hydrogens (tertiary/aromatic N) is 5. The molecular formula is C48H41ClN6O14S2. The zero-order valence-electron chi connectivity index (χ0n) is 38.2. The van der Waals surface area contributed by atoms with Crippen molar-refractivity contribution in [3.8, 4) is 23.0 Å². The Hall–Kier alpha value is -7.76. The molecule has 0 radical (unpaired) electrons. The van der Waals surface area contributed by atoms with Crippen LogP contribution in [0.5, 0.6) is 23.0 Å². The third-order valence-electron chi connectivity index (χ3n) is 11.9. The van der Waals surface area contributed by atoms with Gasteiger partial charge in [-0.05, 0) is 71.1 Å². The van der Waals surface area contributed by atoms with E-state index in [0.29, 0.717) is 0 Å². The Morgan fingerprint density at radius 2 is 1.21 bits per heavy atom. The number of ether oxygens (including phenoxy) is 3. The van der Waals surface area contributed by atoms with E-state index in [4.69, 9.17) is 25.8 Å². The van der Waals surface area contributed by atoms with Crippen LogP contribution in [0.15, 0.2) is 111 Å². The molecule has 0 spiro atoms. The largest absolute Gasteiger partial charge is 0.505 e. The first-order valence-corrected chi connectivity index (χ1v) is 24.6. The van der Waals surface area contributed by atoms with Crippen LogP contribution < -0.4 is 19.5 Å². The van der Waals surface area contributed by atoms with Gasteiger partial charge in [0, 0.05) is 24.5 Å². The van der Waals surface area contributed by atoms with E-state index < -0.39 is 95.6 Å². The van der Waals surface area contributed by atoms with Gasteiger partial charge in [-0.2, -0.15) is 12.7 Å². The quantitative estimate of drug-likeness (QED) is 0.0475. The molecule has 0 unspecified atom stereocenters. The van der Waals surface area contributed by atoms with Gasteiger partial charge in [-0.25, -0.2) is 8.42 Å². The van der Waals surface area contributed by atoms with Gasteiger partial charge in [0.25, 0.3) is 39.7 Å². The van der Waals surface area contributed by atoms with Crippen LogP contribution >= 0.6 is 11.6 Å². The number of carbonyl (C=O) groups excluding carboxylic acids is 5. The second kappa shape index (κ2) is 19.2. The third-order valence-corrected chi connectivity index (χ3v) is 15.2. The number of methoxy groups -OCH3 is 3. The molecule has 5 amide bonds. The fourth-order valence-corrected chi connectivity index (χ4v) is 11.1. The maximum atomic E-state index is 14.6. The summed E-state index contributed by atoms with van der Waals surface area (Å²) in [6.07, 6.45) is 0. The topological polar surface area (TPSA) is 268 Å². The molecule has 366 valence electrons. The third kappa shape index (κ3) is 8.80. The summed E-state index contributed by atoms with van der Waals surface area (Å²) in [5.41, 5.74) is -2.29. The number of anilines is 1. The molecule has 23 heteroatoms. The number of halogens is 1. The molecule has 0 aliphatic carbocycles. The maximum absolute atomic E-state index is 14.6. The summed E-state index contributed by atoms with van der Waals surface area (Å²) in [6.45, 7) is 1.99. The highest BCUT2D eigenvalue weighted by Gasteiger charge is 2.40. The number of benzene rings is 6. The number of aromatic hydroxyl groups is 1. The minimum absolute atomic E-state index is 0.00491. The lowest BCUT2D eigenvalue weighted by atomic mass is 9.95. The Morgan fingerprint density at radius 3 is 1.70 bits per heavy atom. The van der Waals surface area contributed by atoms with Crippen molar-refractivity contribution in [1.82, 2.24) is 14.1 Å². The van der Waals surface area contributed by atoms with Crippen LogP contribution in [0.25, 0.3) is 10.8 Å². The van der Waals surface area contributed by atoms with Gasteiger partial charge in [0.2, 0.25) is 10.0 Å². The summed E-state index contributed by atoms with van der Waals surface area (Å²) in [5, 5.41) is 22.5. The summed E-state index contributed by atoms with van der Waals surface area (Å²) in [5.74, 6) is -5.18. The van der Waals surface area contributed by atoms with Crippen molar-refractivity contribution in [2.24, 2.45) is 10.2 Å². The van der Waals surface area contributed by atoms with Gasteiger partial charge in [-0.15, -0.1) is 10.2 Å². The fourth-order valence-electron chi connectivity index (χ4n) is 8.45. The first-order valence-electron chi connectivity index (χ1n) is 21.3. The minimum atomic E-state index is -5.55. The Balaban J connectivity index is 1.43. The molecule has 0 bridgehead atoms. The number of rotatable bonds is 16. The zero-order valence-corrected chi connectivity index (χ0v) is 40.6. The molecule has 0 atom stereocenters. The SMILES string of the molecule is CCN(CC)S(=O)(=O)c1ccc(OC)c(N=Nc2c(O)c(C(=O)Nc3cc(Cl)c(OC)cc3OC)cc3c(CN4C(=O)c5ccccc5C4=O)cc(CN4C(=O)c5ccccc5C4=O)c(S(=O)(=O)O)c23)c1. The van der Waals surface area contributed by atoms with Gasteiger partial charge in [-0.1, -0.05) is 55.8 Å². The molecule has 2 aliphatic rings. The van der Waals surface area contributed by atoms with E-state index >= 15 is 0 Å². The minimum Gasteiger partial charge on any atom is -0.505 e. The van der Waals surface area contributed by atoms with E-state index in [0.717, 1.165) is 28.0 Å². The molecule has 0 saturated carbocycles. The van der Waals surface area contributed by atoms with Crippen LogP contribution in [0.1, 0.15) is 76.8 Å². The standard InChI is InChI=1S/C48H41ClN6O14S2/c1-6-53(7-2)70(62,63)27-16-17-37(67-3)36(19-27)51-52-41-40-32(20-33(42(41)56)44(57)50-35-21-34(49)38(68-4)22-39(35)69-5)25(23-54-45(58)28-12-8-9-13-29(28)46(54)59)18-26(43(40)71(64,65)66)24-55-47(60)30-14-10-11-15-31(30)48(55)61/h8-22,56H,6-7,23-24H2,1-5H3,(H,50,57)(H,64,65,66). The predicted molar refractivity (Wildman–Crippen MR) is 257 cm³/mol. The van der Waals surface area contributed by atoms with E-state index in [1.807, 2.05) is 0 Å². The number of amides is 5. The van der Waals surface area contributed by atoms with Crippen LogP contribution in [-0.2, 0) is 33.2 Å². The number of nitrogens with one attached hydrogen (secondary N) is 1.